The minimum atomic E-state index is -0.287. The zero-order chi connectivity index (χ0) is 15.4. The van der Waals surface area contributed by atoms with E-state index in [1.165, 1.54) is 13.2 Å². The Bertz CT molecular complexity index is 667. The highest BCUT2D eigenvalue weighted by atomic mass is 16.5. The van der Waals surface area contributed by atoms with Gasteiger partial charge in [-0.3, -0.25) is 4.79 Å². The zero-order valence-corrected chi connectivity index (χ0v) is 12.1. The Balaban J connectivity index is 2.28. The van der Waals surface area contributed by atoms with Gasteiger partial charge in [0, 0.05) is 11.6 Å². The van der Waals surface area contributed by atoms with Crippen LogP contribution in [0, 0.1) is 6.92 Å². The summed E-state index contributed by atoms with van der Waals surface area (Å²) < 4.78 is 10.4. The van der Waals surface area contributed by atoms with Gasteiger partial charge in [-0.15, -0.1) is 0 Å². The van der Waals surface area contributed by atoms with Gasteiger partial charge in [-0.2, -0.15) is 0 Å². The summed E-state index contributed by atoms with van der Waals surface area (Å²) in [5.74, 6) is 1.03. The van der Waals surface area contributed by atoms with Crippen molar-refractivity contribution in [3.05, 3.63) is 47.5 Å². The second kappa shape index (κ2) is 6.17. The van der Waals surface area contributed by atoms with E-state index in [1.807, 2.05) is 0 Å². The van der Waals surface area contributed by atoms with Crippen molar-refractivity contribution < 1.29 is 19.4 Å². The van der Waals surface area contributed by atoms with E-state index in [1.54, 1.807) is 44.4 Å². The van der Waals surface area contributed by atoms with Crippen LogP contribution < -0.4 is 14.8 Å². The molecule has 0 aliphatic rings. The molecule has 21 heavy (non-hydrogen) atoms. The van der Waals surface area contributed by atoms with Crippen LogP contribution in [0.1, 0.15) is 15.9 Å². The number of anilines is 1. The topological polar surface area (TPSA) is 67.8 Å². The highest BCUT2D eigenvalue weighted by Gasteiger charge is 2.12. The third-order valence-electron chi connectivity index (χ3n) is 3.11. The lowest BCUT2D eigenvalue weighted by Crippen LogP contribution is -2.12. The second-order valence-electron chi connectivity index (χ2n) is 4.52. The Kier molecular flexibility index (Phi) is 4.33. The molecule has 0 unspecified atom stereocenters. The molecule has 2 N–H and O–H groups in total. The SMILES string of the molecule is COc1ccc(OC)c(NC(=O)c2ccc(O)c(C)c2)c1. The Hall–Kier alpha value is -2.69. The van der Waals surface area contributed by atoms with Crippen LogP contribution in [0.5, 0.6) is 17.2 Å². The summed E-state index contributed by atoms with van der Waals surface area (Å²) in [7, 11) is 3.08. The van der Waals surface area contributed by atoms with Gasteiger partial charge in [0.2, 0.25) is 0 Å². The Morgan fingerprint density at radius 3 is 2.48 bits per heavy atom. The molecule has 0 bridgehead atoms. The number of carbonyl (C=O) groups excluding carboxylic acids is 1. The monoisotopic (exact) mass is 287 g/mol. The maximum Gasteiger partial charge on any atom is 0.255 e. The van der Waals surface area contributed by atoms with Crippen molar-refractivity contribution >= 4 is 11.6 Å². The predicted octanol–water partition coefficient (Wildman–Crippen LogP) is 2.97. The van der Waals surface area contributed by atoms with Gasteiger partial charge in [0.05, 0.1) is 19.9 Å². The fourth-order valence-corrected chi connectivity index (χ4v) is 1.90. The predicted molar refractivity (Wildman–Crippen MR) is 80.3 cm³/mol. The first kappa shape index (κ1) is 14.7. The second-order valence-corrected chi connectivity index (χ2v) is 4.52. The lowest BCUT2D eigenvalue weighted by Gasteiger charge is -2.12. The number of methoxy groups -OCH3 is 2. The summed E-state index contributed by atoms with van der Waals surface area (Å²) in [6.45, 7) is 1.73. The molecule has 0 heterocycles. The van der Waals surface area contributed by atoms with Crippen molar-refractivity contribution in [3.63, 3.8) is 0 Å². The van der Waals surface area contributed by atoms with Gasteiger partial charge in [-0.25, -0.2) is 0 Å². The van der Waals surface area contributed by atoms with Gasteiger partial charge in [-0.05, 0) is 42.8 Å². The Labute approximate surface area is 123 Å². The van der Waals surface area contributed by atoms with E-state index in [0.29, 0.717) is 28.3 Å². The summed E-state index contributed by atoms with van der Waals surface area (Å²) in [6.07, 6.45) is 0. The van der Waals surface area contributed by atoms with E-state index in [9.17, 15) is 9.90 Å². The Morgan fingerprint density at radius 1 is 1.10 bits per heavy atom. The minimum absolute atomic E-state index is 0.158. The van der Waals surface area contributed by atoms with E-state index in [0.717, 1.165) is 0 Å². The van der Waals surface area contributed by atoms with Gasteiger partial charge in [0.25, 0.3) is 5.91 Å². The van der Waals surface area contributed by atoms with Crippen molar-refractivity contribution in [1.82, 2.24) is 0 Å². The summed E-state index contributed by atoms with van der Waals surface area (Å²) in [6, 6.07) is 9.83. The van der Waals surface area contributed by atoms with Crippen molar-refractivity contribution in [2.45, 2.75) is 6.92 Å². The first-order valence-corrected chi connectivity index (χ1v) is 6.38. The van der Waals surface area contributed by atoms with Crippen molar-refractivity contribution in [1.29, 1.82) is 0 Å². The van der Waals surface area contributed by atoms with Gasteiger partial charge in [-0.1, -0.05) is 0 Å². The van der Waals surface area contributed by atoms with Crippen LogP contribution in [0.25, 0.3) is 0 Å². The summed E-state index contributed by atoms with van der Waals surface area (Å²) in [5.41, 5.74) is 1.61. The molecule has 1 amide bonds. The highest BCUT2D eigenvalue weighted by Crippen LogP contribution is 2.29. The fraction of sp³-hybridized carbons (Fsp3) is 0.188. The first-order valence-electron chi connectivity index (χ1n) is 6.38. The molecule has 0 aromatic heterocycles. The summed E-state index contributed by atoms with van der Waals surface area (Å²) >= 11 is 0. The molecule has 2 rings (SSSR count). The average molecular weight is 287 g/mol. The van der Waals surface area contributed by atoms with Crippen LogP contribution in [0.3, 0.4) is 0 Å². The number of carbonyl (C=O) groups is 1. The van der Waals surface area contributed by atoms with Crippen molar-refractivity contribution in [2.24, 2.45) is 0 Å². The highest BCUT2D eigenvalue weighted by molar-refractivity contribution is 6.05. The van der Waals surface area contributed by atoms with E-state index >= 15 is 0 Å². The molecule has 5 nitrogen and oxygen atoms in total. The van der Waals surface area contributed by atoms with Gasteiger partial charge < -0.3 is 19.9 Å². The summed E-state index contributed by atoms with van der Waals surface area (Å²) in [5, 5.41) is 12.3. The number of aryl methyl sites for hydroxylation is 1. The zero-order valence-electron chi connectivity index (χ0n) is 12.1. The molecule has 0 spiro atoms. The van der Waals surface area contributed by atoms with E-state index in [4.69, 9.17) is 9.47 Å². The molecule has 0 fully saturated rings. The molecular weight excluding hydrogens is 270 g/mol. The molecule has 0 radical (unpaired) electrons. The first-order chi connectivity index (χ1) is 10.0. The lowest BCUT2D eigenvalue weighted by atomic mass is 10.1. The number of phenolic OH excluding ortho intramolecular Hbond substituents is 1. The average Bonchev–Trinajstić information content (AvgIpc) is 2.49. The molecule has 2 aromatic carbocycles. The Morgan fingerprint density at radius 2 is 1.86 bits per heavy atom. The maximum absolute atomic E-state index is 12.3. The van der Waals surface area contributed by atoms with Crippen LogP contribution >= 0.6 is 0 Å². The number of aromatic hydroxyl groups is 1. The maximum atomic E-state index is 12.3. The third kappa shape index (κ3) is 3.25. The molecule has 0 atom stereocenters. The number of hydrogen-bond donors (Lipinski definition) is 2. The van der Waals surface area contributed by atoms with Crippen LogP contribution in [0.2, 0.25) is 0 Å². The molecular formula is C16H17NO4. The molecule has 2 aromatic rings. The largest absolute Gasteiger partial charge is 0.508 e. The quantitative estimate of drug-likeness (QED) is 0.907. The number of nitrogens with one attached hydrogen (secondary N) is 1. The number of phenols is 1. The minimum Gasteiger partial charge on any atom is -0.508 e. The number of amides is 1. The fourth-order valence-electron chi connectivity index (χ4n) is 1.90. The number of rotatable bonds is 4. The molecule has 0 aliphatic heterocycles. The van der Waals surface area contributed by atoms with E-state index < -0.39 is 0 Å². The van der Waals surface area contributed by atoms with Crippen molar-refractivity contribution in [2.75, 3.05) is 19.5 Å². The summed E-state index contributed by atoms with van der Waals surface area (Å²) in [4.78, 5) is 12.3. The van der Waals surface area contributed by atoms with Crippen LogP contribution in [-0.2, 0) is 0 Å². The van der Waals surface area contributed by atoms with Crippen LogP contribution in [0.4, 0.5) is 5.69 Å². The van der Waals surface area contributed by atoms with Gasteiger partial charge in [0.1, 0.15) is 17.2 Å². The van der Waals surface area contributed by atoms with Gasteiger partial charge >= 0.3 is 0 Å². The smallest absolute Gasteiger partial charge is 0.255 e. The molecule has 110 valence electrons. The number of benzene rings is 2. The normalized spacial score (nSPS) is 10.0. The third-order valence-corrected chi connectivity index (χ3v) is 3.11. The number of hydrogen-bond acceptors (Lipinski definition) is 4. The van der Waals surface area contributed by atoms with Crippen LogP contribution in [-0.4, -0.2) is 25.2 Å². The van der Waals surface area contributed by atoms with Crippen LogP contribution in [0.15, 0.2) is 36.4 Å². The molecule has 5 heteroatoms. The lowest BCUT2D eigenvalue weighted by molar-refractivity contribution is 0.102. The molecule has 0 saturated carbocycles. The number of ether oxygens (including phenoxy) is 2. The van der Waals surface area contributed by atoms with E-state index in [2.05, 4.69) is 5.32 Å². The standard InChI is InChI=1S/C16H17NO4/c1-10-8-11(4-6-14(10)18)16(19)17-13-9-12(20-2)5-7-15(13)21-3/h4-9,18H,1-3H3,(H,17,19). The van der Waals surface area contributed by atoms with Gasteiger partial charge in [0.15, 0.2) is 0 Å². The van der Waals surface area contributed by atoms with E-state index in [-0.39, 0.29) is 11.7 Å². The van der Waals surface area contributed by atoms with Crippen molar-refractivity contribution in [3.8, 4) is 17.2 Å². The molecule has 0 aliphatic carbocycles. The molecule has 0 saturated heterocycles.